The Hall–Kier alpha value is -2.67. The lowest BCUT2D eigenvalue weighted by Gasteiger charge is -2.13. The summed E-state index contributed by atoms with van der Waals surface area (Å²) in [4.78, 5) is 24.7. The number of benzene rings is 1. The molecule has 1 aliphatic heterocycles. The van der Waals surface area contributed by atoms with E-state index in [2.05, 4.69) is 21.1 Å². The summed E-state index contributed by atoms with van der Waals surface area (Å²) in [6.07, 6.45) is 3.13. The zero-order chi connectivity index (χ0) is 18.1. The Bertz CT molecular complexity index is 835. The van der Waals surface area contributed by atoms with Gasteiger partial charge in [-0.25, -0.2) is 0 Å². The Morgan fingerprint density at radius 3 is 2.73 bits per heavy atom. The maximum Gasteiger partial charge on any atom is 0.277 e. The third-order valence-corrected chi connectivity index (χ3v) is 4.87. The number of carbonyl (C=O) groups is 2. The standard InChI is InChI=1S/C19H22N4O3/c1-11-8-13(18(24)21-14-6-7-20-10-14)4-5-15(11)22-19(25)16-9-17(26-23-16)12-2-3-12/h4-5,8-9,12,14,20H,2-3,6-7,10H2,1H3,(H,21,24)(H,22,25). The highest BCUT2D eigenvalue weighted by Crippen LogP contribution is 2.40. The number of hydrogen-bond acceptors (Lipinski definition) is 5. The normalized spacial score (nSPS) is 19.3. The van der Waals surface area contributed by atoms with Crippen LogP contribution in [0.4, 0.5) is 5.69 Å². The fourth-order valence-corrected chi connectivity index (χ4v) is 3.13. The fraction of sp³-hybridized carbons (Fsp3) is 0.421. The molecule has 2 aromatic rings. The van der Waals surface area contributed by atoms with Crippen LogP contribution >= 0.6 is 0 Å². The van der Waals surface area contributed by atoms with E-state index in [-0.39, 0.29) is 23.6 Å². The summed E-state index contributed by atoms with van der Waals surface area (Å²) in [5, 5.41) is 12.9. The summed E-state index contributed by atoms with van der Waals surface area (Å²) in [7, 11) is 0. The van der Waals surface area contributed by atoms with Crippen LogP contribution in [0.2, 0.25) is 0 Å². The van der Waals surface area contributed by atoms with Gasteiger partial charge < -0.3 is 20.5 Å². The average Bonchev–Trinajstić information content (AvgIpc) is 3.14. The Kier molecular flexibility index (Phi) is 4.46. The number of amides is 2. The van der Waals surface area contributed by atoms with Crippen molar-refractivity contribution in [1.82, 2.24) is 15.8 Å². The highest BCUT2D eigenvalue weighted by molar-refractivity contribution is 6.03. The van der Waals surface area contributed by atoms with Gasteiger partial charge in [-0.15, -0.1) is 0 Å². The van der Waals surface area contributed by atoms with E-state index in [1.807, 2.05) is 6.92 Å². The maximum atomic E-state index is 12.4. The zero-order valence-electron chi connectivity index (χ0n) is 14.7. The fourth-order valence-electron chi connectivity index (χ4n) is 3.13. The summed E-state index contributed by atoms with van der Waals surface area (Å²) < 4.78 is 5.22. The molecule has 1 atom stereocenters. The third-order valence-electron chi connectivity index (χ3n) is 4.87. The Labute approximate surface area is 151 Å². The van der Waals surface area contributed by atoms with E-state index in [4.69, 9.17) is 4.52 Å². The van der Waals surface area contributed by atoms with Gasteiger partial charge in [0.15, 0.2) is 5.69 Å². The first-order valence-corrected chi connectivity index (χ1v) is 9.00. The lowest BCUT2D eigenvalue weighted by Crippen LogP contribution is -2.36. The van der Waals surface area contributed by atoms with E-state index >= 15 is 0 Å². The minimum absolute atomic E-state index is 0.0924. The number of hydrogen-bond donors (Lipinski definition) is 3. The molecule has 7 nitrogen and oxygen atoms in total. The lowest BCUT2D eigenvalue weighted by atomic mass is 10.1. The highest BCUT2D eigenvalue weighted by Gasteiger charge is 2.29. The second kappa shape index (κ2) is 6.92. The van der Waals surface area contributed by atoms with Gasteiger partial charge in [0.05, 0.1) is 0 Å². The number of nitrogens with zero attached hydrogens (tertiary/aromatic N) is 1. The van der Waals surface area contributed by atoms with E-state index in [0.717, 1.165) is 43.7 Å². The van der Waals surface area contributed by atoms with Crippen LogP contribution in [-0.4, -0.2) is 36.1 Å². The van der Waals surface area contributed by atoms with Crippen LogP contribution in [-0.2, 0) is 0 Å². The largest absolute Gasteiger partial charge is 0.360 e. The number of rotatable bonds is 5. The summed E-state index contributed by atoms with van der Waals surface area (Å²) >= 11 is 0. The molecule has 1 saturated heterocycles. The number of aromatic nitrogens is 1. The summed E-state index contributed by atoms with van der Waals surface area (Å²) in [5.74, 6) is 0.794. The Morgan fingerprint density at radius 1 is 1.19 bits per heavy atom. The van der Waals surface area contributed by atoms with Gasteiger partial charge in [-0.2, -0.15) is 0 Å². The molecule has 2 amide bonds. The maximum absolute atomic E-state index is 12.4. The monoisotopic (exact) mass is 354 g/mol. The van der Waals surface area contributed by atoms with Crippen LogP contribution in [0.1, 0.15) is 57.4 Å². The quantitative estimate of drug-likeness (QED) is 0.765. The topological polar surface area (TPSA) is 96.3 Å². The molecule has 0 bridgehead atoms. The van der Waals surface area contributed by atoms with Gasteiger partial charge in [0.1, 0.15) is 5.76 Å². The molecule has 2 fully saturated rings. The van der Waals surface area contributed by atoms with E-state index in [0.29, 0.717) is 17.2 Å². The molecule has 0 spiro atoms. The first-order valence-electron chi connectivity index (χ1n) is 9.00. The molecule has 0 radical (unpaired) electrons. The third kappa shape index (κ3) is 3.62. The van der Waals surface area contributed by atoms with Gasteiger partial charge >= 0.3 is 0 Å². The van der Waals surface area contributed by atoms with Crippen LogP contribution in [0.3, 0.4) is 0 Å². The molecule has 136 valence electrons. The zero-order valence-corrected chi connectivity index (χ0v) is 14.7. The van der Waals surface area contributed by atoms with Gasteiger partial charge in [-0.05, 0) is 56.5 Å². The number of nitrogens with one attached hydrogen (secondary N) is 3. The van der Waals surface area contributed by atoms with Crippen molar-refractivity contribution in [3.8, 4) is 0 Å². The molecule has 1 aromatic heterocycles. The van der Waals surface area contributed by atoms with E-state index in [1.54, 1.807) is 24.3 Å². The van der Waals surface area contributed by atoms with Crippen molar-refractivity contribution in [2.75, 3.05) is 18.4 Å². The molecular weight excluding hydrogens is 332 g/mol. The van der Waals surface area contributed by atoms with Crippen molar-refractivity contribution in [2.45, 2.75) is 38.1 Å². The van der Waals surface area contributed by atoms with Crippen LogP contribution in [0.15, 0.2) is 28.8 Å². The summed E-state index contributed by atoms with van der Waals surface area (Å²) in [6.45, 7) is 3.60. The van der Waals surface area contributed by atoms with Gasteiger partial charge in [0.25, 0.3) is 11.8 Å². The Balaban J connectivity index is 1.41. The van der Waals surface area contributed by atoms with Crippen molar-refractivity contribution in [3.05, 3.63) is 46.8 Å². The Morgan fingerprint density at radius 2 is 2.04 bits per heavy atom. The van der Waals surface area contributed by atoms with E-state index in [9.17, 15) is 9.59 Å². The summed E-state index contributed by atoms with van der Waals surface area (Å²) in [6, 6.07) is 7.14. The predicted octanol–water partition coefficient (Wildman–Crippen LogP) is 2.20. The molecule has 1 saturated carbocycles. The first-order chi connectivity index (χ1) is 12.6. The van der Waals surface area contributed by atoms with Crippen LogP contribution in [0.5, 0.6) is 0 Å². The van der Waals surface area contributed by atoms with Gasteiger partial charge in [0.2, 0.25) is 0 Å². The van der Waals surface area contributed by atoms with E-state index < -0.39 is 0 Å². The number of carbonyl (C=O) groups excluding carboxylic acids is 2. The molecule has 4 rings (SSSR count). The second-order valence-corrected chi connectivity index (χ2v) is 7.04. The van der Waals surface area contributed by atoms with Crippen LogP contribution in [0.25, 0.3) is 0 Å². The molecule has 2 aliphatic rings. The minimum Gasteiger partial charge on any atom is -0.360 e. The molecule has 26 heavy (non-hydrogen) atoms. The number of anilines is 1. The highest BCUT2D eigenvalue weighted by atomic mass is 16.5. The van der Waals surface area contributed by atoms with Crippen molar-refractivity contribution < 1.29 is 14.1 Å². The minimum atomic E-state index is -0.307. The molecular formula is C19H22N4O3. The second-order valence-electron chi connectivity index (χ2n) is 7.04. The predicted molar refractivity (Wildman–Crippen MR) is 96.4 cm³/mol. The van der Waals surface area contributed by atoms with Crippen LogP contribution < -0.4 is 16.0 Å². The van der Waals surface area contributed by atoms with Crippen molar-refractivity contribution >= 4 is 17.5 Å². The summed E-state index contributed by atoms with van der Waals surface area (Å²) in [5.41, 5.74) is 2.35. The van der Waals surface area contributed by atoms with E-state index in [1.165, 1.54) is 0 Å². The van der Waals surface area contributed by atoms with Crippen LogP contribution in [0, 0.1) is 6.92 Å². The first kappa shape index (κ1) is 16.8. The smallest absolute Gasteiger partial charge is 0.277 e. The van der Waals surface area contributed by atoms with Gasteiger partial charge in [-0.3, -0.25) is 9.59 Å². The SMILES string of the molecule is Cc1cc(C(=O)NC2CCNC2)ccc1NC(=O)c1cc(C2CC2)on1. The van der Waals surface area contributed by atoms with Crippen molar-refractivity contribution in [3.63, 3.8) is 0 Å². The average molecular weight is 354 g/mol. The molecule has 1 aromatic carbocycles. The van der Waals surface area contributed by atoms with Gasteiger partial charge in [-0.1, -0.05) is 5.16 Å². The lowest BCUT2D eigenvalue weighted by molar-refractivity contribution is 0.0939. The molecule has 2 heterocycles. The van der Waals surface area contributed by atoms with Crippen molar-refractivity contribution in [2.24, 2.45) is 0 Å². The molecule has 1 unspecified atom stereocenters. The molecule has 1 aliphatic carbocycles. The van der Waals surface area contributed by atoms with Gasteiger partial charge in [0, 0.05) is 35.8 Å². The molecule has 7 heteroatoms. The van der Waals surface area contributed by atoms with Crippen molar-refractivity contribution in [1.29, 1.82) is 0 Å². The number of aryl methyl sites for hydroxylation is 1. The molecule has 3 N–H and O–H groups in total.